The number of aliphatic hydroxyl groups excluding tert-OH is 1. The highest BCUT2D eigenvalue weighted by atomic mass is 16.3. The minimum Gasteiger partial charge on any atom is -0.394 e. The molecule has 0 saturated carbocycles. The van der Waals surface area contributed by atoms with Gasteiger partial charge in [0.05, 0.1) is 6.61 Å². The highest BCUT2D eigenvalue weighted by molar-refractivity contribution is 5.82. The SMILES string of the molecule is CCCN1CCCN(C)C(CO)C1=O. The molecule has 4 nitrogen and oxygen atoms in total. The first-order valence-corrected chi connectivity index (χ1v) is 5.30. The van der Waals surface area contributed by atoms with Gasteiger partial charge in [-0.25, -0.2) is 0 Å². The van der Waals surface area contributed by atoms with Gasteiger partial charge in [-0.2, -0.15) is 0 Å². The molecule has 1 atom stereocenters. The van der Waals surface area contributed by atoms with Gasteiger partial charge in [0, 0.05) is 19.6 Å². The van der Waals surface area contributed by atoms with E-state index < -0.39 is 0 Å². The molecule has 0 bridgehead atoms. The van der Waals surface area contributed by atoms with E-state index in [1.165, 1.54) is 0 Å². The fourth-order valence-corrected chi connectivity index (χ4v) is 1.89. The molecule has 1 N–H and O–H groups in total. The van der Waals surface area contributed by atoms with Crippen LogP contribution in [0.15, 0.2) is 0 Å². The van der Waals surface area contributed by atoms with E-state index in [1.54, 1.807) is 0 Å². The first kappa shape index (κ1) is 11.5. The maximum Gasteiger partial charge on any atom is 0.242 e. The molecule has 0 aromatic heterocycles. The van der Waals surface area contributed by atoms with Gasteiger partial charge in [-0.1, -0.05) is 6.92 Å². The van der Waals surface area contributed by atoms with E-state index in [4.69, 9.17) is 5.11 Å². The first-order chi connectivity index (χ1) is 6.70. The molecule has 4 heteroatoms. The zero-order valence-corrected chi connectivity index (χ0v) is 9.07. The van der Waals surface area contributed by atoms with Crippen LogP contribution >= 0.6 is 0 Å². The lowest BCUT2D eigenvalue weighted by molar-refractivity contribution is -0.136. The van der Waals surface area contributed by atoms with E-state index in [9.17, 15) is 4.79 Å². The molecular weight excluding hydrogens is 180 g/mol. The van der Waals surface area contributed by atoms with E-state index in [-0.39, 0.29) is 18.6 Å². The average molecular weight is 200 g/mol. The number of hydrogen-bond donors (Lipinski definition) is 1. The van der Waals surface area contributed by atoms with Gasteiger partial charge in [0.15, 0.2) is 0 Å². The highest BCUT2D eigenvalue weighted by Gasteiger charge is 2.29. The molecular formula is C10H20N2O2. The molecule has 1 unspecified atom stereocenters. The molecule has 0 spiro atoms. The second-order valence-corrected chi connectivity index (χ2v) is 3.86. The fraction of sp³-hybridized carbons (Fsp3) is 0.900. The third kappa shape index (κ3) is 2.45. The molecule has 1 amide bonds. The van der Waals surface area contributed by atoms with Crippen molar-refractivity contribution in [1.82, 2.24) is 9.80 Å². The van der Waals surface area contributed by atoms with Gasteiger partial charge in [0.2, 0.25) is 5.91 Å². The summed E-state index contributed by atoms with van der Waals surface area (Å²) in [6.07, 6.45) is 1.98. The molecule has 1 aliphatic rings. The summed E-state index contributed by atoms with van der Waals surface area (Å²) in [5, 5.41) is 9.15. The van der Waals surface area contributed by atoms with Crippen molar-refractivity contribution in [2.45, 2.75) is 25.8 Å². The van der Waals surface area contributed by atoms with Gasteiger partial charge in [-0.05, 0) is 19.9 Å². The molecule has 82 valence electrons. The summed E-state index contributed by atoms with van der Waals surface area (Å²) < 4.78 is 0. The zero-order valence-electron chi connectivity index (χ0n) is 9.07. The van der Waals surface area contributed by atoms with Crippen molar-refractivity contribution in [3.05, 3.63) is 0 Å². The summed E-state index contributed by atoms with van der Waals surface area (Å²) in [5.74, 6) is 0.0781. The van der Waals surface area contributed by atoms with Crippen molar-refractivity contribution < 1.29 is 9.90 Å². The van der Waals surface area contributed by atoms with Gasteiger partial charge in [-0.15, -0.1) is 0 Å². The molecule has 1 rings (SSSR count). The predicted octanol–water partition coefficient (Wildman–Crippen LogP) is -0.0786. The van der Waals surface area contributed by atoms with Gasteiger partial charge >= 0.3 is 0 Å². The van der Waals surface area contributed by atoms with Gasteiger partial charge < -0.3 is 10.0 Å². The molecule has 1 fully saturated rings. The molecule has 0 aromatic rings. The minimum absolute atomic E-state index is 0.0739. The van der Waals surface area contributed by atoms with Gasteiger partial charge in [0.1, 0.15) is 6.04 Å². The quantitative estimate of drug-likeness (QED) is 0.693. The number of likely N-dealkylation sites (N-methyl/N-ethyl adjacent to an activating group) is 1. The van der Waals surface area contributed by atoms with Crippen LogP contribution < -0.4 is 0 Å². The van der Waals surface area contributed by atoms with E-state index in [0.29, 0.717) is 0 Å². The molecule has 1 saturated heterocycles. The van der Waals surface area contributed by atoms with E-state index >= 15 is 0 Å². The Bertz CT molecular complexity index is 197. The van der Waals surface area contributed by atoms with Crippen molar-refractivity contribution >= 4 is 5.91 Å². The second-order valence-electron chi connectivity index (χ2n) is 3.86. The topological polar surface area (TPSA) is 43.8 Å². The van der Waals surface area contributed by atoms with Crippen LogP contribution in [-0.2, 0) is 4.79 Å². The molecule has 0 aromatic carbocycles. The molecule has 0 aliphatic carbocycles. The van der Waals surface area contributed by atoms with Crippen LogP contribution in [-0.4, -0.2) is 60.1 Å². The number of nitrogens with zero attached hydrogens (tertiary/aromatic N) is 2. The van der Waals surface area contributed by atoms with Gasteiger partial charge in [0.25, 0.3) is 0 Å². The summed E-state index contributed by atoms with van der Waals surface area (Å²) in [5.41, 5.74) is 0. The number of amides is 1. The number of carbonyl (C=O) groups is 1. The lowest BCUT2D eigenvalue weighted by Crippen LogP contribution is -2.46. The average Bonchev–Trinajstić information content (AvgIpc) is 2.28. The lowest BCUT2D eigenvalue weighted by Gasteiger charge is -2.26. The molecule has 14 heavy (non-hydrogen) atoms. The van der Waals surface area contributed by atoms with Gasteiger partial charge in [-0.3, -0.25) is 9.69 Å². The number of carbonyl (C=O) groups excluding carboxylic acids is 1. The fourth-order valence-electron chi connectivity index (χ4n) is 1.89. The zero-order chi connectivity index (χ0) is 10.6. The Morgan fingerprint density at radius 3 is 2.79 bits per heavy atom. The monoisotopic (exact) mass is 200 g/mol. The number of rotatable bonds is 3. The Morgan fingerprint density at radius 2 is 2.21 bits per heavy atom. The van der Waals surface area contributed by atoms with Crippen molar-refractivity contribution in [3.63, 3.8) is 0 Å². The summed E-state index contributed by atoms with van der Waals surface area (Å²) in [7, 11) is 1.90. The Labute approximate surface area is 85.5 Å². The smallest absolute Gasteiger partial charge is 0.242 e. The van der Waals surface area contributed by atoms with Crippen LogP contribution in [0.5, 0.6) is 0 Å². The first-order valence-electron chi connectivity index (χ1n) is 5.30. The summed E-state index contributed by atoms with van der Waals surface area (Å²) in [4.78, 5) is 15.7. The second kappa shape index (κ2) is 5.32. The molecule has 1 heterocycles. The standard InChI is InChI=1S/C10H20N2O2/c1-3-5-12-7-4-6-11(2)9(8-13)10(12)14/h9,13H,3-8H2,1-2H3. The number of aliphatic hydroxyl groups is 1. The minimum atomic E-state index is -0.330. The molecule has 1 aliphatic heterocycles. The van der Waals surface area contributed by atoms with Crippen LogP contribution in [0.25, 0.3) is 0 Å². The van der Waals surface area contributed by atoms with Crippen LogP contribution in [0.4, 0.5) is 0 Å². The Balaban J connectivity index is 2.67. The van der Waals surface area contributed by atoms with Crippen molar-refractivity contribution in [2.75, 3.05) is 33.3 Å². The summed E-state index contributed by atoms with van der Waals surface area (Å²) >= 11 is 0. The van der Waals surface area contributed by atoms with E-state index in [2.05, 4.69) is 6.92 Å². The normalized spacial score (nSPS) is 25.2. The Kier molecular flexibility index (Phi) is 4.35. The van der Waals surface area contributed by atoms with E-state index in [0.717, 1.165) is 32.5 Å². The van der Waals surface area contributed by atoms with Crippen LogP contribution in [0, 0.1) is 0 Å². The number of hydrogen-bond acceptors (Lipinski definition) is 3. The van der Waals surface area contributed by atoms with Crippen molar-refractivity contribution in [1.29, 1.82) is 0 Å². The Morgan fingerprint density at radius 1 is 1.50 bits per heavy atom. The van der Waals surface area contributed by atoms with Crippen LogP contribution in [0.2, 0.25) is 0 Å². The predicted molar refractivity (Wildman–Crippen MR) is 55.0 cm³/mol. The largest absolute Gasteiger partial charge is 0.394 e. The van der Waals surface area contributed by atoms with E-state index in [1.807, 2.05) is 16.8 Å². The maximum absolute atomic E-state index is 11.9. The lowest BCUT2D eigenvalue weighted by atomic mass is 10.2. The van der Waals surface area contributed by atoms with Crippen LogP contribution in [0.3, 0.4) is 0 Å². The van der Waals surface area contributed by atoms with Crippen LogP contribution in [0.1, 0.15) is 19.8 Å². The Hall–Kier alpha value is -0.610. The maximum atomic E-state index is 11.9. The third-order valence-electron chi connectivity index (χ3n) is 2.73. The third-order valence-corrected chi connectivity index (χ3v) is 2.73. The highest BCUT2D eigenvalue weighted by Crippen LogP contribution is 2.09. The summed E-state index contributed by atoms with van der Waals surface area (Å²) in [6.45, 7) is 4.51. The van der Waals surface area contributed by atoms with Crippen molar-refractivity contribution in [3.8, 4) is 0 Å². The van der Waals surface area contributed by atoms with Crippen molar-refractivity contribution in [2.24, 2.45) is 0 Å². The summed E-state index contributed by atoms with van der Waals surface area (Å²) in [6, 6.07) is -0.330. The molecule has 0 radical (unpaired) electrons.